The Hall–Kier alpha value is -0.810. The zero-order valence-electron chi connectivity index (χ0n) is 5.47. The third-order valence-electron chi connectivity index (χ3n) is 0.825. The van der Waals surface area contributed by atoms with Gasteiger partial charge in [0, 0.05) is 0 Å². The summed E-state index contributed by atoms with van der Waals surface area (Å²) in [5.74, 6) is 0. The van der Waals surface area contributed by atoms with Crippen LogP contribution in [0.3, 0.4) is 0 Å². The van der Waals surface area contributed by atoms with Crippen LogP contribution in [0.4, 0.5) is 0 Å². The van der Waals surface area contributed by atoms with Gasteiger partial charge in [0.1, 0.15) is 0 Å². The molecule has 0 N–H and O–H groups in total. The van der Waals surface area contributed by atoms with Gasteiger partial charge in [-0.25, -0.2) is 0 Å². The summed E-state index contributed by atoms with van der Waals surface area (Å²) in [5.41, 5.74) is 0. The highest BCUT2D eigenvalue weighted by molar-refractivity contribution is 4.68. The molecule has 0 amide bonds. The first-order chi connectivity index (χ1) is 4.41. The molecule has 0 radical (unpaired) electrons. The van der Waals surface area contributed by atoms with Crippen LogP contribution in [0, 0.1) is 11.3 Å². The van der Waals surface area contributed by atoms with Crippen LogP contribution < -0.4 is 0 Å². The molecule has 0 aromatic heterocycles. The Kier molecular flexibility index (Phi) is 6.54. The lowest BCUT2D eigenvalue weighted by Crippen LogP contribution is -1.93. The van der Waals surface area contributed by atoms with Crippen LogP contribution in [0.5, 0.6) is 0 Å². The molecule has 0 saturated carbocycles. The molecule has 0 aliphatic carbocycles. The van der Waals surface area contributed by atoms with Gasteiger partial charge >= 0.3 is 0 Å². The SMILES string of the molecule is C=CCCOCCC#N. The van der Waals surface area contributed by atoms with Crippen molar-refractivity contribution in [2.24, 2.45) is 0 Å². The summed E-state index contributed by atoms with van der Waals surface area (Å²) in [6.45, 7) is 4.77. The van der Waals surface area contributed by atoms with Crippen molar-refractivity contribution in [1.82, 2.24) is 0 Å². The van der Waals surface area contributed by atoms with Crippen molar-refractivity contribution < 1.29 is 4.74 Å². The summed E-state index contributed by atoms with van der Waals surface area (Å²) in [7, 11) is 0. The number of ether oxygens (including phenoxy) is 1. The van der Waals surface area contributed by atoms with Gasteiger partial charge in [0.2, 0.25) is 0 Å². The topological polar surface area (TPSA) is 33.0 Å². The van der Waals surface area contributed by atoms with E-state index in [1.807, 2.05) is 6.07 Å². The lowest BCUT2D eigenvalue weighted by Gasteiger charge is -1.95. The predicted octanol–water partition coefficient (Wildman–Crippen LogP) is 1.49. The van der Waals surface area contributed by atoms with Gasteiger partial charge in [-0.05, 0) is 6.42 Å². The van der Waals surface area contributed by atoms with Crippen molar-refractivity contribution in [3.05, 3.63) is 12.7 Å². The molecule has 0 unspecified atom stereocenters. The van der Waals surface area contributed by atoms with Crippen LogP contribution in [0.25, 0.3) is 0 Å². The molecule has 2 heteroatoms. The molecule has 0 aromatic rings. The average Bonchev–Trinajstić information content (AvgIpc) is 1.89. The van der Waals surface area contributed by atoms with Gasteiger partial charge in [-0.15, -0.1) is 6.58 Å². The maximum absolute atomic E-state index is 8.07. The van der Waals surface area contributed by atoms with E-state index in [1.54, 1.807) is 6.08 Å². The molecule has 0 bridgehead atoms. The Balaban J connectivity index is 2.76. The van der Waals surface area contributed by atoms with Crippen LogP contribution in [-0.4, -0.2) is 13.2 Å². The third kappa shape index (κ3) is 7.19. The van der Waals surface area contributed by atoms with Crippen LogP contribution >= 0.6 is 0 Å². The molecule has 0 aliphatic heterocycles. The first-order valence-corrected chi connectivity index (χ1v) is 2.97. The molecule has 0 aromatic carbocycles. The molecule has 2 nitrogen and oxygen atoms in total. The van der Waals surface area contributed by atoms with E-state index in [0.29, 0.717) is 19.6 Å². The molecule has 0 rings (SSSR count). The molecule has 0 heterocycles. The minimum Gasteiger partial charge on any atom is -0.380 e. The Morgan fingerprint density at radius 3 is 2.89 bits per heavy atom. The van der Waals surface area contributed by atoms with Crippen molar-refractivity contribution in [2.45, 2.75) is 12.8 Å². The van der Waals surface area contributed by atoms with Gasteiger partial charge in [-0.2, -0.15) is 5.26 Å². The molecular weight excluding hydrogens is 114 g/mol. The first kappa shape index (κ1) is 8.19. The molecule has 9 heavy (non-hydrogen) atoms. The lowest BCUT2D eigenvalue weighted by molar-refractivity contribution is 0.144. The Labute approximate surface area is 55.7 Å². The average molecular weight is 125 g/mol. The fourth-order valence-electron chi connectivity index (χ4n) is 0.387. The molecule has 50 valence electrons. The quantitative estimate of drug-likeness (QED) is 0.412. The summed E-state index contributed by atoms with van der Waals surface area (Å²) < 4.78 is 5.02. The van der Waals surface area contributed by atoms with Gasteiger partial charge in [-0.3, -0.25) is 0 Å². The fourth-order valence-corrected chi connectivity index (χ4v) is 0.387. The second kappa shape index (κ2) is 7.19. The van der Waals surface area contributed by atoms with E-state index < -0.39 is 0 Å². The molecule has 0 fully saturated rings. The zero-order chi connectivity index (χ0) is 6.95. The van der Waals surface area contributed by atoms with Gasteiger partial charge in [0.25, 0.3) is 0 Å². The van der Waals surface area contributed by atoms with Crippen molar-refractivity contribution >= 4 is 0 Å². The summed E-state index contributed by atoms with van der Waals surface area (Å²) in [5, 5.41) is 8.07. The van der Waals surface area contributed by atoms with E-state index >= 15 is 0 Å². The Morgan fingerprint density at radius 1 is 1.56 bits per heavy atom. The minimum atomic E-state index is 0.483. The molecule has 0 spiro atoms. The van der Waals surface area contributed by atoms with E-state index in [-0.39, 0.29) is 0 Å². The van der Waals surface area contributed by atoms with E-state index in [2.05, 4.69) is 6.58 Å². The fraction of sp³-hybridized carbons (Fsp3) is 0.571. The van der Waals surface area contributed by atoms with E-state index in [0.717, 1.165) is 6.42 Å². The van der Waals surface area contributed by atoms with E-state index in [1.165, 1.54) is 0 Å². The highest BCUT2D eigenvalue weighted by atomic mass is 16.5. The van der Waals surface area contributed by atoms with E-state index in [9.17, 15) is 0 Å². The van der Waals surface area contributed by atoms with Gasteiger partial charge in [0.15, 0.2) is 0 Å². The Morgan fingerprint density at radius 2 is 2.33 bits per heavy atom. The lowest BCUT2D eigenvalue weighted by atomic mass is 10.4. The monoisotopic (exact) mass is 125 g/mol. The summed E-state index contributed by atoms with van der Waals surface area (Å²) in [6.07, 6.45) is 3.15. The minimum absolute atomic E-state index is 0.483. The summed E-state index contributed by atoms with van der Waals surface area (Å²) in [4.78, 5) is 0. The smallest absolute Gasteiger partial charge is 0.0645 e. The maximum atomic E-state index is 8.07. The normalized spacial score (nSPS) is 8.33. The number of nitriles is 1. The maximum Gasteiger partial charge on any atom is 0.0645 e. The van der Waals surface area contributed by atoms with Crippen molar-refractivity contribution in [2.75, 3.05) is 13.2 Å². The zero-order valence-corrected chi connectivity index (χ0v) is 5.47. The van der Waals surface area contributed by atoms with Crippen LogP contribution in [-0.2, 0) is 4.74 Å². The third-order valence-corrected chi connectivity index (χ3v) is 0.825. The van der Waals surface area contributed by atoms with Crippen LogP contribution in [0.1, 0.15) is 12.8 Å². The standard InChI is InChI=1S/C7H11NO/c1-2-3-6-9-7-4-5-8/h2H,1,3-4,6-7H2. The van der Waals surface area contributed by atoms with Crippen molar-refractivity contribution in [3.63, 3.8) is 0 Å². The van der Waals surface area contributed by atoms with E-state index in [4.69, 9.17) is 10.00 Å². The Bertz CT molecular complexity index is 104. The van der Waals surface area contributed by atoms with Crippen molar-refractivity contribution in [3.8, 4) is 6.07 Å². The second-order valence-corrected chi connectivity index (χ2v) is 1.60. The highest BCUT2D eigenvalue weighted by Gasteiger charge is 1.82. The number of hydrogen-bond donors (Lipinski definition) is 0. The molecule has 0 aliphatic rings. The number of hydrogen-bond acceptors (Lipinski definition) is 2. The largest absolute Gasteiger partial charge is 0.380 e. The number of rotatable bonds is 5. The molecule has 0 saturated heterocycles. The molecule has 0 atom stereocenters. The summed E-state index contributed by atoms with van der Waals surface area (Å²) >= 11 is 0. The predicted molar refractivity (Wildman–Crippen MR) is 35.9 cm³/mol. The van der Waals surface area contributed by atoms with Crippen molar-refractivity contribution in [1.29, 1.82) is 5.26 Å². The van der Waals surface area contributed by atoms with Crippen LogP contribution in [0.15, 0.2) is 12.7 Å². The first-order valence-electron chi connectivity index (χ1n) is 2.97. The van der Waals surface area contributed by atoms with Crippen LogP contribution in [0.2, 0.25) is 0 Å². The van der Waals surface area contributed by atoms with Gasteiger partial charge in [0.05, 0.1) is 25.7 Å². The molecular formula is C7H11NO. The second-order valence-electron chi connectivity index (χ2n) is 1.60. The van der Waals surface area contributed by atoms with Gasteiger partial charge in [-0.1, -0.05) is 6.08 Å². The highest BCUT2D eigenvalue weighted by Crippen LogP contribution is 1.84. The summed E-state index contributed by atoms with van der Waals surface area (Å²) in [6, 6.07) is 1.99. The van der Waals surface area contributed by atoms with Gasteiger partial charge < -0.3 is 4.74 Å². The number of nitrogens with zero attached hydrogens (tertiary/aromatic N) is 1.